The van der Waals surface area contributed by atoms with E-state index in [2.05, 4.69) is 4.72 Å². The van der Waals surface area contributed by atoms with Crippen molar-refractivity contribution in [3.8, 4) is 5.75 Å². The molecule has 0 amide bonds. The van der Waals surface area contributed by atoms with Crippen LogP contribution in [0.3, 0.4) is 0 Å². The highest BCUT2D eigenvalue weighted by Crippen LogP contribution is 2.32. The van der Waals surface area contributed by atoms with Crippen LogP contribution in [0, 0.1) is 0 Å². The summed E-state index contributed by atoms with van der Waals surface area (Å²) in [5.74, 6) is 0.760. The molecule has 0 fully saturated rings. The summed E-state index contributed by atoms with van der Waals surface area (Å²) in [7, 11) is -2.57. The second kappa shape index (κ2) is 4.64. The van der Waals surface area contributed by atoms with E-state index in [0.29, 0.717) is 6.42 Å². The van der Waals surface area contributed by atoms with Crippen molar-refractivity contribution in [2.24, 2.45) is 0 Å². The maximum atomic E-state index is 10.9. The van der Waals surface area contributed by atoms with Gasteiger partial charge in [0.2, 0.25) is 0 Å². The van der Waals surface area contributed by atoms with Crippen LogP contribution in [0.25, 0.3) is 0 Å². The maximum absolute atomic E-state index is 10.9. The Morgan fingerprint density at radius 2 is 2.24 bits per heavy atom. The fourth-order valence-electron chi connectivity index (χ4n) is 2.22. The molecular weight excluding hydrogens is 242 g/mol. The molecule has 1 aliphatic carbocycles. The third-order valence-corrected chi connectivity index (χ3v) is 3.54. The second-order valence-corrected chi connectivity index (χ2v) is 5.29. The van der Waals surface area contributed by atoms with Gasteiger partial charge in [0, 0.05) is 6.04 Å². The van der Waals surface area contributed by atoms with Gasteiger partial charge in [-0.3, -0.25) is 4.55 Å². The number of aryl methyl sites for hydroxylation is 1. The molecule has 0 saturated carbocycles. The van der Waals surface area contributed by atoms with Crippen molar-refractivity contribution in [3.63, 3.8) is 0 Å². The second-order valence-electron chi connectivity index (χ2n) is 4.10. The minimum absolute atomic E-state index is 0.348. The van der Waals surface area contributed by atoms with Gasteiger partial charge in [-0.25, -0.2) is 0 Å². The molecule has 0 aromatic heterocycles. The summed E-state index contributed by atoms with van der Waals surface area (Å²) in [6.45, 7) is 0. The van der Waals surface area contributed by atoms with Crippen molar-refractivity contribution in [2.75, 3.05) is 7.11 Å². The van der Waals surface area contributed by atoms with Crippen LogP contribution in [0.1, 0.15) is 30.0 Å². The molecule has 0 spiro atoms. The smallest absolute Gasteiger partial charge is 0.333 e. The Balaban J connectivity index is 2.32. The van der Waals surface area contributed by atoms with Crippen molar-refractivity contribution in [2.45, 2.75) is 25.3 Å². The summed E-state index contributed by atoms with van der Waals surface area (Å²) in [6.07, 6.45) is 2.47. The number of ether oxygens (including phenoxy) is 1. The fraction of sp³-hybridized carbons (Fsp3) is 0.455. The van der Waals surface area contributed by atoms with Crippen LogP contribution in [0.4, 0.5) is 0 Å². The molecule has 2 N–H and O–H groups in total. The van der Waals surface area contributed by atoms with Gasteiger partial charge in [0.25, 0.3) is 0 Å². The Hall–Kier alpha value is -1.11. The van der Waals surface area contributed by atoms with Gasteiger partial charge in [-0.05, 0) is 42.5 Å². The fourth-order valence-corrected chi connectivity index (χ4v) is 2.82. The zero-order chi connectivity index (χ0) is 12.5. The van der Waals surface area contributed by atoms with Gasteiger partial charge < -0.3 is 4.74 Å². The molecule has 1 atom stereocenters. The lowest BCUT2D eigenvalue weighted by Crippen LogP contribution is -2.30. The van der Waals surface area contributed by atoms with E-state index in [1.807, 2.05) is 12.1 Å². The highest BCUT2D eigenvalue weighted by atomic mass is 32.2. The largest absolute Gasteiger partial charge is 0.497 e. The summed E-state index contributed by atoms with van der Waals surface area (Å²) in [5, 5.41) is 0. The monoisotopic (exact) mass is 257 g/mol. The minimum atomic E-state index is -4.16. The van der Waals surface area contributed by atoms with Crippen molar-refractivity contribution in [1.82, 2.24) is 4.72 Å². The van der Waals surface area contributed by atoms with Gasteiger partial charge in [-0.2, -0.15) is 13.1 Å². The van der Waals surface area contributed by atoms with Crippen molar-refractivity contribution in [3.05, 3.63) is 29.3 Å². The van der Waals surface area contributed by atoms with E-state index in [1.165, 1.54) is 0 Å². The Labute approximate surface area is 101 Å². The lowest BCUT2D eigenvalue weighted by atomic mass is 9.88. The van der Waals surface area contributed by atoms with Crippen LogP contribution >= 0.6 is 0 Å². The highest BCUT2D eigenvalue weighted by molar-refractivity contribution is 7.83. The average Bonchev–Trinajstić information content (AvgIpc) is 2.26. The number of methoxy groups -OCH3 is 1. The molecule has 0 aliphatic heterocycles. The molecule has 5 nitrogen and oxygen atoms in total. The van der Waals surface area contributed by atoms with Gasteiger partial charge in [0.05, 0.1) is 7.11 Å². The topological polar surface area (TPSA) is 75.6 Å². The normalized spacial score (nSPS) is 19.8. The third-order valence-electron chi connectivity index (χ3n) is 2.96. The Kier molecular flexibility index (Phi) is 3.37. The molecular formula is C11H15NO4S. The molecule has 2 rings (SSSR count). The van der Waals surface area contributed by atoms with Crippen LogP contribution in [0.5, 0.6) is 5.75 Å². The van der Waals surface area contributed by atoms with Gasteiger partial charge >= 0.3 is 10.3 Å². The first kappa shape index (κ1) is 12.3. The molecule has 1 aromatic carbocycles. The van der Waals surface area contributed by atoms with Gasteiger partial charge in [-0.1, -0.05) is 6.07 Å². The van der Waals surface area contributed by atoms with E-state index in [-0.39, 0.29) is 6.04 Å². The van der Waals surface area contributed by atoms with E-state index in [4.69, 9.17) is 9.29 Å². The predicted molar refractivity (Wildman–Crippen MR) is 63.4 cm³/mol. The van der Waals surface area contributed by atoms with E-state index in [0.717, 1.165) is 29.7 Å². The zero-order valence-electron chi connectivity index (χ0n) is 9.51. The van der Waals surface area contributed by atoms with Crippen LogP contribution < -0.4 is 9.46 Å². The van der Waals surface area contributed by atoms with Gasteiger partial charge in [0.15, 0.2) is 0 Å². The first-order chi connectivity index (χ1) is 7.99. The number of hydrogen-bond acceptors (Lipinski definition) is 3. The van der Waals surface area contributed by atoms with Crippen molar-refractivity contribution < 1.29 is 17.7 Å². The molecule has 94 valence electrons. The Bertz CT molecular complexity index is 512. The molecule has 0 bridgehead atoms. The molecule has 0 saturated heterocycles. The molecule has 0 radical (unpaired) electrons. The van der Waals surface area contributed by atoms with Gasteiger partial charge in [0.1, 0.15) is 5.75 Å². The summed E-state index contributed by atoms with van der Waals surface area (Å²) in [5.41, 5.74) is 1.98. The molecule has 1 aromatic rings. The highest BCUT2D eigenvalue weighted by Gasteiger charge is 2.23. The third kappa shape index (κ3) is 2.96. The summed E-state index contributed by atoms with van der Waals surface area (Å²) >= 11 is 0. The Morgan fingerprint density at radius 3 is 2.88 bits per heavy atom. The number of hydrogen-bond donors (Lipinski definition) is 2. The molecule has 1 unspecified atom stereocenters. The van der Waals surface area contributed by atoms with E-state index in [1.54, 1.807) is 13.2 Å². The molecule has 17 heavy (non-hydrogen) atoms. The summed E-state index contributed by atoms with van der Waals surface area (Å²) in [4.78, 5) is 0. The summed E-state index contributed by atoms with van der Waals surface area (Å²) in [6, 6.07) is 5.20. The average molecular weight is 257 g/mol. The van der Waals surface area contributed by atoms with Gasteiger partial charge in [-0.15, -0.1) is 0 Å². The first-order valence-electron chi connectivity index (χ1n) is 5.41. The van der Waals surface area contributed by atoms with Crippen LogP contribution in [-0.4, -0.2) is 20.1 Å². The lowest BCUT2D eigenvalue weighted by Gasteiger charge is -2.25. The van der Waals surface area contributed by atoms with E-state index in [9.17, 15) is 8.42 Å². The quantitative estimate of drug-likeness (QED) is 0.804. The molecule has 1 aliphatic rings. The Morgan fingerprint density at radius 1 is 1.47 bits per heavy atom. The number of benzene rings is 1. The predicted octanol–water partition coefficient (Wildman–Crippen LogP) is 1.46. The van der Waals surface area contributed by atoms with Crippen LogP contribution in [-0.2, 0) is 16.7 Å². The number of fused-ring (bicyclic) bond motifs is 1. The molecule has 6 heteroatoms. The van der Waals surface area contributed by atoms with Crippen molar-refractivity contribution >= 4 is 10.3 Å². The van der Waals surface area contributed by atoms with Crippen molar-refractivity contribution in [1.29, 1.82) is 0 Å². The number of rotatable bonds is 3. The molecule has 0 heterocycles. The van der Waals surface area contributed by atoms with Crippen LogP contribution in [0.2, 0.25) is 0 Å². The standard InChI is InChI=1S/C11H15NO4S/c1-16-9-5-6-10-8(7-9)3-2-4-11(10)12-17(13,14)15/h5-7,11-12H,2-4H2,1H3,(H,13,14,15). The first-order valence-corrected chi connectivity index (χ1v) is 6.85. The maximum Gasteiger partial charge on any atom is 0.333 e. The number of nitrogens with one attached hydrogen (secondary N) is 1. The minimum Gasteiger partial charge on any atom is -0.497 e. The SMILES string of the molecule is COc1ccc2c(c1)CCCC2NS(=O)(=O)O. The zero-order valence-corrected chi connectivity index (χ0v) is 10.3. The van der Waals surface area contributed by atoms with Crippen LogP contribution in [0.15, 0.2) is 18.2 Å². The van der Waals surface area contributed by atoms with E-state index < -0.39 is 10.3 Å². The van der Waals surface area contributed by atoms with E-state index >= 15 is 0 Å². The summed E-state index contributed by atoms with van der Waals surface area (Å²) < 4.78 is 37.9. The lowest BCUT2D eigenvalue weighted by molar-refractivity contribution is 0.411.